The highest BCUT2D eigenvalue weighted by atomic mass is 15.3. The summed E-state index contributed by atoms with van der Waals surface area (Å²) in [4.78, 5) is 4.25. The van der Waals surface area contributed by atoms with E-state index in [1.807, 2.05) is 11.7 Å². The molecule has 15 heavy (non-hydrogen) atoms. The molecule has 1 aromatic rings. The first-order valence-corrected chi connectivity index (χ1v) is 5.47. The molecule has 1 aromatic heterocycles. The fourth-order valence-corrected chi connectivity index (χ4v) is 1.45. The third-order valence-corrected chi connectivity index (χ3v) is 2.43. The molecule has 1 heterocycles. The summed E-state index contributed by atoms with van der Waals surface area (Å²) in [6.07, 6.45) is 2.56. The lowest BCUT2D eigenvalue weighted by molar-refractivity contribution is 0.315. The van der Waals surface area contributed by atoms with Gasteiger partial charge in [0.1, 0.15) is 12.2 Å². The van der Waals surface area contributed by atoms with Crippen molar-refractivity contribution in [1.29, 1.82) is 0 Å². The maximum absolute atomic E-state index is 4.25. The highest BCUT2D eigenvalue weighted by molar-refractivity contribution is 4.91. The zero-order chi connectivity index (χ0) is 11.5. The van der Waals surface area contributed by atoms with Crippen LogP contribution in [0.1, 0.15) is 33.5 Å². The zero-order valence-electron chi connectivity index (χ0n) is 10.4. The van der Waals surface area contributed by atoms with Gasteiger partial charge in [0, 0.05) is 26.1 Å². The van der Waals surface area contributed by atoms with Crippen LogP contribution >= 0.6 is 0 Å². The zero-order valence-corrected chi connectivity index (χ0v) is 10.4. The Morgan fingerprint density at radius 2 is 2.13 bits per heavy atom. The number of aromatic nitrogens is 3. The summed E-state index contributed by atoms with van der Waals surface area (Å²) >= 11 is 0. The van der Waals surface area contributed by atoms with E-state index in [2.05, 4.69) is 43.1 Å². The van der Waals surface area contributed by atoms with Crippen LogP contribution in [0.2, 0.25) is 0 Å². The molecule has 0 radical (unpaired) electrons. The molecule has 0 spiro atoms. The second-order valence-corrected chi connectivity index (χ2v) is 5.18. The Kier molecular flexibility index (Phi) is 3.85. The average molecular weight is 210 g/mol. The van der Waals surface area contributed by atoms with Crippen molar-refractivity contribution in [3.8, 4) is 0 Å². The summed E-state index contributed by atoms with van der Waals surface area (Å²) < 4.78 is 1.84. The summed E-state index contributed by atoms with van der Waals surface area (Å²) in [6.45, 7) is 9.82. The van der Waals surface area contributed by atoms with Crippen molar-refractivity contribution in [1.82, 2.24) is 20.1 Å². The van der Waals surface area contributed by atoms with Gasteiger partial charge in [-0.15, -0.1) is 0 Å². The summed E-state index contributed by atoms with van der Waals surface area (Å²) in [5, 5.41) is 7.54. The van der Waals surface area contributed by atoms with Gasteiger partial charge in [0.15, 0.2) is 0 Å². The third kappa shape index (κ3) is 4.00. The number of nitrogens with one attached hydrogen (secondary N) is 1. The monoisotopic (exact) mass is 210 g/mol. The summed E-state index contributed by atoms with van der Waals surface area (Å²) in [5.41, 5.74) is 0.213. The lowest BCUT2D eigenvalue weighted by atomic mass is 9.88. The molecule has 4 heteroatoms. The molecule has 0 saturated carbocycles. The van der Waals surface area contributed by atoms with E-state index in [9.17, 15) is 0 Å². The van der Waals surface area contributed by atoms with Crippen LogP contribution in [0.5, 0.6) is 0 Å². The number of hydrogen-bond donors (Lipinski definition) is 1. The van der Waals surface area contributed by atoms with Crippen molar-refractivity contribution in [3.05, 3.63) is 12.2 Å². The Balaban J connectivity index is 2.52. The van der Waals surface area contributed by atoms with Crippen molar-refractivity contribution in [2.75, 3.05) is 6.54 Å². The van der Waals surface area contributed by atoms with E-state index < -0.39 is 0 Å². The molecule has 0 aliphatic rings. The van der Waals surface area contributed by atoms with Gasteiger partial charge in [0.25, 0.3) is 0 Å². The quantitative estimate of drug-likeness (QED) is 0.798. The highest BCUT2D eigenvalue weighted by Gasteiger charge is 2.20. The molecule has 1 N–H and O–H groups in total. The smallest absolute Gasteiger partial charge is 0.138 e. The second-order valence-electron chi connectivity index (χ2n) is 5.18. The van der Waals surface area contributed by atoms with Gasteiger partial charge in [0.2, 0.25) is 0 Å². The molecule has 0 amide bonds. The number of hydrogen-bond acceptors (Lipinski definition) is 3. The van der Waals surface area contributed by atoms with Gasteiger partial charge in [-0.05, 0) is 5.41 Å². The van der Waals surface area contributed by atoms with E-state index in [0.29, 0.717) is 6.04 Å². The normalized spacial score (nSPS) is 12.4. The van der Waals surface area contributed by atoms with Crippen LogP contribution in [0.25, 0.3) is 0 Å². The van der Waals surface area contributed by atoms with Gasteiger partial charge in [-0.25, -0.2) is 4.98 Å². The van der Waals surface area contributed by atoms with E-state index in [-0.39, 0.29) is 5.41 Å². The molecular weight excluding hydrogens is 188 g/mol. The predicted octanol–water partition coefficient (Wildman–Crippen LogP) is 1.38. The molecule has 0 aromatic carbocycles. The second kappa shape index (κ2) is 4.75. The van der Waals surface area contributed by atoms with Crippen LogP contribution in [-0.2, 0) is 13.5 Å². The maximum atomic E-state index is 4.25. The highest BCUT2D eigenvalue weighted by Crippen LogP contribution is 2.19. The molecule has 0 aliphatic carbocycles. The fraction of sp³-hybridized carbons (Fsp3) is 0.818. The Morgan fingerprint density at radius 3 is 2.60 bits per heavy atom. The van der Waals surface area contributed by atoms with Gasteiger partial charge in [0.05, 0.1) is 0 Å². The van der Waals surface area contributed by atoms with Crippen LogP contribution < -0.4 is 5.32 Å². The summed E-state index contributed by atoms with van der Waals surface area (Å²) in [6, 6.07) is 0.531. The van der Waals surface area contributed by atoms with Crippen molar-refractivity contribution in [2.45, 2.75) is 40.2 Å². The molecular formula is C11H22N4. The van der Waals surface area contributed by atoms with Crippen molar-refractivity contribution in [2.24, 2.45) is 12.5 Å². The SMILES string of the molecule is CC(C)NCC(C)(C)Cc1ncnn1C. The Morgan fingerprint density at radius 1 is 1.47 bits per heavy atom. The van der Waals surface area contributed by atoms with E-state index in [1.165, 1.54) is 0 Å². The van der Waals surface area contributed by atoms with E-state index in [4.69, 9.17) is 0 Å². The molecule has 4 nitrogen and oxygen atoms in total. The van der Waals surface area contributed by atoms with E-state index in [1.54, 1.807) is 6.33 Å². The van der Waals surface area contributed by atoms with Gasteiger partial charge < -0.3 is 5.32 Å². The minimum absolute atomic E-state index is 0.213. The maximum Gasteiger partial charge on any atom is 0.138 e. The van der Waals surface area contributed by atoms with Crippen molar-refractivity contribution in [3.63, 3.8) is 0 Å². The molecule has 0 atom stereocenters. The molecule has 0 fully saturated rings. The Labute approximate surface area is 92.1 Å². The van der Waals surface area contributed by atoms with Crippen molar-refractivity contribution < 1.29 is 0 Å². The molecule has 0 aliphatic heterocycles. The fourth-order valence-electron chi connectivity index (χ4n) is 1.45. The minimum Gasteiger partial charge on any atom is -0.314 e. The molecule has 0 saturated heterocycles. The van der Waals surface area contributed by atoms with Crippen LogP contribution in [0.15, 0.2) is 6.33 Å². The molecule has 1 rings (SSSR count). The molecule has 0 unspecified atom stereocenters. The van der Waals surface area contributed by atoms with Crippen LogP contribution in [-0.4, -0.2) is 27.4 Å². The van der Waals surface area contributed by atoms with Crippen LogP contribution in [0.4, 0.5) is 0 Å². The average Bonchev–Trinajstić information content (AvgIpc) is 2.48. The van der Waals surface area contributed by atoms with Crippen molar-refractivity contribution >= 4 is 0 Å². The largest absolute Gasteiger partial charge is 0.314 e. The Bertz CT molecular complexity index is 301. The van der Waals surface area contributed by atoms with E-state index >= 15 is 0 Å². The van der Waals surface area contributed by atoms with Crippen LogP contribution in [0.3, 0.4) is 0 Å². The predicted molar refractivity (Wildman–Crippen MR) is 61.6 cm³/mol. The van der Waals surface area contributed by atoms with Gasteiger partial charge in [-0.1, -0.05) is 27.7 Å². The molecule has 0 bridgehead atoms. The number of nitrogens with zero attached hydrogens (tertiary/aromatic N) is 3. The first-order valence-electron chi connectivity index (χ1n) is 5.47. The van der Waals surface area contributed by atoms with Crippen LogP contribution in [0, 0.1) is 5.41 Å². The minimum atomic E-state index is 0.213. The van der Waals surface area contributed by atoms with Gasteiger partial charge in [-0.2, -0.15) is 5.10 Å². The summed E-state index contributed by atoms with van der Waals surface area (Å²) in [7, 11) is 1.94. The standard InChI is InChI=1S/C11H22N4/c1-9(2)12-7-11(3,4)6-10-13-8-14-15(10)5/h8-9,12H,6-7H2,1-5H3. The summed E-state index contributed by atoms with van der Waals surface area (Å²) in [5.74, 6) is 1.05. The topological polar surface area (TPSA) is 42.7 Å². The lowest BCUT2D eigenvalue weighted by Crippen LogP contribution is -2.35. The van der Waals surface area contributed by atoms with E-state index in [0.717, 1.165) is 18.8 Å². The van der Waals surface area contributed by atoms with Gasteiger partial charge in [-0.3, -0.25) is 4.68 Å². The third-order valence-electron chi connectivity index (χ3n) is 2.43. The van der Waals surface area contributed by atoms with Gasteiger partial charge >= 0.3 is 0 Å². The first kappa shape index (κ1) is 12.2. The first-order chi connectivity index (χ1) is 6.91. The number of aryl methyl sites for hydroxylation is 1. The lowest BCUT2D eigenvalue weighted by Gasteiger charge is -2.25. The molecule has 86 valence electrons. The Hall–Kier alpha value is -0.900. The number of rotatable bonds is 5.